The van der Waals surface area contributed by atoms with Gasteiger partial charge in [-0.3, -0.25) is 14.9 Å². The standard InChI is InChI=1S/C16H11ClN2O3/c1-18-14-5-3-2-4-11(14)12(16(18)20)8-10-6-7-13(17)15(9-10)19(21)22/h2-9H,1H3/b12-8-. The van der Waals surface area contributed by atoms with Gasteiger partial charge in [-0.15, -0.1) is 0 Å². The third-order valence-corrected chi connectivity index (χ3v) is 3.89. The van der Waals surface area contributed by atoms with Gasteiger partial charge in [0.2, 0.25) is 0 Å². The second-order valence-corrected chi connectivity index (χ2v) is 5.31. The molecular formula is C16H11ClN2O3. The van der Waals surface area contributed by atoms with E-state index < -0.39 is 4.92 Å². The lowest BCUT2D eigenvalue weighted by molar-refractivity contribution is -0.384. The topological polar surface area (TPSA) is 63.5 Å². The maximum Gasteiger partial charge on any atom is 0.288 e. The number of rotatable bonds is 2. The molecule has 0 unspecified atom stereocenters. The molecule has 5 nitrogen and oxygen atoms in total. The van der Waals surface area contributed by atoms with Crippen molar-refractivity contribution in [2.24, 2.45) is 0 Å². The molecule has 1 amide bonds. The van der Waals surface area contributed by atoms with Crippen LogP contribution in [0.15, 0.2) is 42.5 Å². The smallest absolute Gasteiger partial charge is 0.288 e. The van der Waals surface area contributed by atoms with Gasteiger partial charge in [0, 0.05) is 24.3 Å². The van der Waals surface area contributed by atoms with Crippen molar-refractivity contribution in [2.45, 2.75) is 0 Å². The van der Waals surface area contributed by atoms with Crippen LogP contribution in [0.3, 0.4) is 0 Å². The molecule has 22 heavy (non-hydrogen) atoms. The van der Waals surface area contributed by atoms with Gasteiger partial charge in [0.25, 0.3) is 11.6 Å². The summed E-state index contributed by atoms with van der Waals surface area (Å²) in [4.78, 5) is 24.3. The molecule has 0 bridgehead atoms. The number of benzene rings is 2. The molecule has 0 N–H and O–H groups in total. The van der Waals surface area contributed by atoms with Crippen LogP contribution in [-0.4, -0.2) is 17.9 Å². The minimum atomic E-state index is -0.541. The number of carbonyl (C=O) groups is 1. The zero-order valence-electron chi connectivity index (χ0n) is 11.6. The highest BCUT2D eigenvalue weighted by Gasteiger charge is 2.29. The summed E-state index contributed by atoms with van der Waals surface area (Å²) in [6, 6.07) is 11.9. The lowest BCUT2D eigenvalue weighted by atomic mass is 10.0. The summed E-state index contributed by atoms with van der Waals surface area (Å²) in [5.74, 6) is -0.140. The molecule has 6 heteroatoms. The molecule has 0 atom stereocenters. The van der Waals surface area contributed by atoms with Crippen molar-refractivity contribution in [3.8, 4) is 0 Å². The van der Waals surface area contributed by atoms with E-state index in [9.17, 15) is 14.9 Å². The Hall–Kier alpha value is -2.66. The van der Waals surface area contributed by atoms with E-state index in [1.54, 1.807) is 24.1 Å². The van der Waals surface area contributed by atoms with Gasteiger partial charge in [-0.25, -0.2) is 0 Å². The number of halogens is 1. The summed E-state index contributed by atoms with van der Waals surface area (Å²) >= 11 is 5.80. The first-order valence-electron chi connectivity index (χ1n) is 6.52. The van der Waals surface area contributed by atoms with Crippen molar-refractivity contribution in [3.05, 3.63) is 68.7 Å². The monoisotopic (exact) mass is 314 g/mol. The van der Waals surface area contributed by atoms with Crippen LogP contribution in [0.2, 0.25) is 5.02 Å². The summed E-state index contributed by atoms with van der Waals surface area (Å²) in [5, 5.41) is 11.0. The van der Waals surface area contributed by atoms with E-state index in [2.05, 4.69) is 0 Å². The number of nitrogens with zero attached hydrogens (tertiary/aromatic N) is 2. The molecule has 1 heterocycles. The lowest BCUT2D eigenvalue weighted by Crippen LogP contribution is -2.20. The van der Waals surface area contributed by atoms with Crippen molar-refractivity contribution < 1.29 is 9.72 Å². The number of amides is 1. The molecule has 0 radical (unpaired) electrons. The summed E-state index contributed by atoms with van der Waals surface area (Å²) in [6.07, 6.45) is 1.65. The fraction of sp³-hybridized carbons (Fsp3) is 0.0625. The van der Waals surface area contributed by atoms with Crippen LogP contribution in [0.4, 0.5) is 11.4 Å². The van der Waals surface area contributed by atoms with E-state index >= 15 is 0 Å². The number of para-hydroxylation sites is 1. The Labute approximate surface area is 131 Å². The SMILES string of the molecule is CN1C(=O)/C(=C\c2ccc(Cl)c([N+](=O)[O-])c2)c2ccccc21. The Morgan fingerprint density at radius 2 is 1.95 bits per heavy atom. The fourth-order valence-electron chi connectivity index (χ4n) is 2.46. The van der Waals surface area contributed by atoms with Crippen LogP contribution in [-0.2, 0) is 4.79 Å². The van der Waals surface area contributed by atoms with Crippen LogP contribution in [0.5, 0.6) is 0 Å². The zero-order valence-corrected chi connectivity index (χ0v) is 12.4. The Kier molecular flexibility index (Phi) is 3.42. The summed E-state index contributed by atoms with van der Waals surface area (Å²) in [6.45, 7) is 0. The van der Waals surface area contributed by atoms with Gasteiger partial charge in [-0.1, -0.05) is 35.9 Å². The third-order valence-electron chi connectivity index (χ3n) is 3.57. The van der Waals surface area contributed by atoms with Crippen molar-refractivity contribution in [2.75, 3.05) is 11.9 Å². The second-order valence-electron chi connectivity index (χ2n) is 4.91. The van der Waals surface area contributed by atoms with Gasteiger partial charge in [0.15, 0.2) is 0 Å². The summed E-state index contributed by atoms with van der Waals surface area (Å²) < 4.78 is 0. The van der Waals surface area contributed by atoms with E-state index in [1.165, 1.54) is 12.1 Å². The van der Waals surface area contributed by atoms with Gasteiger partial charge in [0.1, 0.15) is 5.02 Å². The van der Waals surface area contributed by atoms with E-state index in [1.807, 2.05) is 24.3 Å². The van der Waals surface area contributed by atoms with Crippen LogP contribution in [0.25, 0.3) is 11.6 Å². The average molecular weight is 315 g/mol. The van der Waals surface area contributed by atoms with Crippen molar-refractivity contribution in [3.63, 3.8) is 0 Å². The molecule has 0 fully saturated rings. The largest absolute Gasteiger partial charge is 0.311 e. The molecule has 0 aliphatic carbocycles. The number of hydrogen-bond acceptors (Lipinski definition) is 3. The Morgan fingerprint density at radius 3 is 2.68 bits per heavy atom. The predicted octanol–water partition coefficient (Wildman–Crippen LogP) is 3.77. The highest BCUT2D eigenvalue weighted by Crippen LogP contribution is 2.37. The van der Waals surface area contributed by atoms with Crippen LogP contribution in [0.1, 0.15) is 11.1 Å². The van der Waals surface area contributed by atoms with Gasteiger partial charge in [-0.05, 0) is 23.8 Å². The van der Waals surface area contributed by atoms with Gasteiger partial charge in [0.05, 0.1) is 10.6 Å². The molecule has 0 saturated heterocycles. The van der Waals surface area contributed by atoms with Gasteiger partial charge in [-0.2, -0.15) is 0 Å². The van der Waals surface area contributed by atoms with Gasteiger partial charge >= 0.3 is 0 Å². The molecule has 0 aromatic heterocycles. The molecule has 2 aromatic rings. The summed E-state index contributed by atoms with van der Waals surface area (Å²) in [5.41, 5.74) is 2.53. The highest BCUT2D eigenvalue weighted by molar-refractivity contribution is 6.36. The lowest BCUT2D eigenvalue weighted by Gasteiger charge is -2.07. The highest BCUT2D eigenvalue weighted by atomic mass is 35.5. The first-order chi connectivity index (χ1) is 10.5. The zero-order chi connectivity index (χ0) is 15.9. The molecular weight excluding hydrogens is 304 g/mol. The van der Waals surface area contributed by atoms with E-state index in [4.69, 9.17) is 11.6 Å². The molecule has 110 valence electrons. The Bertz CT molecular complexity index is 830. The number of hydrogen-bond donors (Lipinski definition) is 0. The van der Waals surface area contributed by atoms with E-state index in [-0.39, 0.29) is 16.6 Å². The minimum absolute atomic E-state index is 0.0717. The Morgan fingerprint density at radius 1 is 1.23 bits per heavy atom. The summed E-state index contributed by atoms with van der Waals surface area (Å²) in [7, 11) is 1.70. The number of carbonyl (C=O) groups excluding carboxylic acids is 1. The number of likely N-dealkylation sites (N-methyl/N-ethyl adjacent to an activating group) is 1. The number of fused-ring (bicyclic) bond motifs is 1. The van der Waals surface area contributed by atoms with Crippen LogP contribution >= 0.6 is 11.6 Å². The molecule has 2 aromatic carbocycles. The van der Waals surface area contributed by atoms with E-state index in [0.717, 1.165) is 11.3 Å². The predicted molar refractivity (Wildman–Crippen MR) is 85.8 cm³/mol. The fourth-order valence-corrected chi connectivity index (χ4v) is 2.65. The normalized spacial score (nSPS) is 15.3. The molecule has 0 spiro atoms. The second kappa shape index (κ2) is 5.27. The number of anilines is 1. The molecule has 3 rings (SSSR count). The number of nitro benzene ring substituents is 1. The van der Waals surface area contributed by atoms with Crippen molar-refractivity contribution >= 4 is 40.5 Å². The van der Waals surface area contributed by atoms with Crippen LogP contribution < -0.4 is 4.90 Å². The molecule has 0 saturated carbocycles. The van der Waals surface area contributed by atoms with E-state index in [0.29, 0.717) is 11.1 Å². The third kappa shape index (κ3) is 2.25. The Balaban J connectivity index is 2.12. The first-order valence-corrected chi connectivity index (χ1v) is 6.90. The maximum absolute atomic E-state index is 12.4. The minimum Gasteiger partial charge on any atom is -0.311 e. The quantitative estimate of drug-likeness (QED) is 0.481. The molecule has 1 aliphatic heterocycles. The average Bonchev–Trinajstić information content (AvgIpc) is 2.74. The van der Waals surface area contributed by atoms with Crippen molar-refractivity contribution in [1.29, 1.82) is 0 Å². The van der Waals surface area contributed by atoms with Gasteiger partial charge < -0.3 is 4.90 Å². The molecule has 1 aliphatic rings. The number of nitro groups is 1. The van der Waals surface area contributed by atoms with Crippen molar-refractivity contribution in [1.82, 2.24) is 0 Å². The maximum atomic E-state index is 12.4. The van der Waals surface area contributed by atoms with Crippen LogP contribution in [0, 0.1) is 10.1 Å². The first kappa shape index (κ1) is 14.3.